The number of pyridine rings is 1. The van der Waals surface area contributed by atoms with Gasteiger partial charge in [-0.3, -0.25) is 0 Å². The molecule has 0 bridgehead atoms. The fourth-order valence-corrected chi connectivity index (χ4v) is 1.65. The van der Waals surface area contributed by atoms with Crippen molar-refractivity contribution in [1.29, 1.82) is 5.26 Å². The topological polar surface area (TPSA) is 58.2 Å². The summed E-state index contributed by atoms with van der Waals surface area (Å²) in [5, 5.41) is 8.93. The van der Waals surface area contributed by atoms with Crippen molar-refractivity contribution in [3.8, 4) is 6.07 Å². The standard InChI is InChI=1S/C12H11N3O/c1-9(16)5-6-12-14-10(8-13)11-4-2-3-7-15(11)12/h2-4,7H,5-6H2,1H3. The van der Waals surface area contributed by atoms with Gasteiger partial charge in [0.15, 0.2) is 5.69 Å². The van der Waals surface area contributed by atoms with Crippen LogP contribution >= 0.6 is 0 Å². The van der Waals surface area contributed by atoms with E-state index in [4.69, 9.17) is 5.26 Å². The molecule has 0 aliphatic carbocycles. The quantitative estimate of drug-likeness (QED) is 0.780. The van der Waals surface area contributed by atoms with Crippen LogP contribution in [0.2, 0.25) is 0 Å². The summed E-state index contributed by atoms with van der Waals surface area (Å²) in [7, 11) is 0. The second kappa shape index (κ2) is 4.15. The molecule has 80 valence electrons. The van der Waals surface area contributed by atoms with Gasteiger partial charge in [-0.25, -0.2) is 4.98 Å². The first-order valence-electron chi connectivity index (χ1n) is 5.08. The highest BCUT2D eigenvalue weighted by atomic mass is 16.1. The van der Waals surface area contributed by atoms with Gasteiger partial charge in [0, 0.05) is 19.0 Å². The second-order valence-corrected chi connectivity index (χ2v) is 3.65. The summed E-state index contributed by atoms with van der Waals surface area (Å²) in [5.74, 6) is 0.897. The van der Waals surface area contributed by atoms with Gasteiger partial charge in [-0.15, -0.1) is 0 Å². The summed E-state index contributed by atoms with van der Waals surface area (Å²) in [6.45, 7) is 1.56. The van der Waals surface area contributed by atoms with E-state index < -0.39 is 0 Å². The van der Waals surface area contributed by atoms with Gasteiger partial charge in [0.05, 0.1) is 5.52 Å². The molecule has 0 radical (unpaired) electrons. The van der Waals surface area contributed by atoms with Crippen LogP contribution in [0.15, 0.2) is 24.4 Å². The molecular weight excluding hydrogens is 202 g/mol. The molecule has 0 aliphatic rings. The molecule has 0 spiro atoms. The van der Waals surface area contributed by atoms with Crippen molar-refractivity contribution in [2.45, 2.75) is 19.8 Å². The molecule has 2 heterocycles. The summed E-state index contributed by atoms with van der Waals surface area (Å²) < 4.78 is 1.86. The molecule has 0 unspecified atom stereocenters. The number of carbonyl (C=O) groups excluding carboxylic acids is 1. The third kappa shape index (κ3) is 1.80. The second-order valence-electron chi connectivity index (χ2n) is 3.65. The zero-order chi connectivity index (χ0) is 11.5. The first kappa shape index (κ1) is 10.4. The number of hydrogen-bond donors (Lipinski definition) is 0. The maximum Gasteiger partial charge on any atom is 0.166 e. The van der Waals surface area contributed by atoms with Crippen molar-refractivity contribution >= 4 is 11.3 Å². The molecule has 0 aromatic carbocycles. The van der Waals surface area contributed by atoms with E-state index in [1.165, 1.54) is 0 Å². The van der Waals surface area contributed by atoms with E-state index in [0.717, 1.165) is 11.3 Å². The lowest BCUT2D eigenvalue weighted by Gasteiger charge is -1.98. The van der Waals surface area contributed by atoms with Gasteiger partial charge in [0.2, 0.25) is 0 Å². The molecule has 0 aliphatic heterocycles. The lowest BCUT2D eigenvalue weighted by Crippen LogP contribution is -1.98. The van der Waals surface area contributed by atoms with E-state index in [1.807, 2.05) is 28.8 Å². The highest BCUT2D eigenvalue weighted by Gasteiger charge is 2.09. The number of rotatable bonds is 3. The highest BCUT2D eigenvalue weighted by Crippen LogP contribution is 2.13. The van der Waals surface area contributed by atoms with E-state index >= 15 is 0 Å². The Hall–Kier alpha value is -2.15. The number of fused-ring (bicyclic) bond motifs is 1. The van der Waals surface area contributed by atoms with Crippen molar-refractivity contribution in [2.24, 2.45) is 0 Å². The lowest BCUT2D eigenvalue weighted by atomic mass is 10.2. The van der Waals surface area contributed by atoms with Crippen LogP contribution in [0, 0.1) is 11.3 Å². The summed E-state index contributed by atoms with van der Waals surface area (Å²) in [5.41, 5.74) is 1.21. The van der Waals surface area contributed by atoms with Crippen LogP contribution in [0.25, 0.3) is 5.52 Å². The maximum absolute atomic E-state index is 10.9. The Balaban J connectivity index is 2.46. The van der Waals surface area contributed by atoms with Crippen molar-refractivity contribution in [2.75, 3.05) is 0 Å². The third-order valence-corrected chi connectivity index (χ3v) is 2.43. The predicted octanol–water partition coefficient (Wildman–Crippen LogP) is 1.73. The fourth-order valence-electron chi connectivity index (χ4n) is 1.65. The Morgan fingerprint density at radius 1 is 1.56 bits per heavy atom. The van der Waals surface area contributed by atoms with Crippen LogP contribution in [0.3, 0.4) is 0 Å². The first-order valence-corrected chi connectivity index (χ1v) is 5.08. The SMILES string of the molecule is CC(=O)CCc1nc(C#N)c2ccccn12. The molecule has 2 aromatic heterocycles. The number of imidazole rings is 1. The van der Waals surface area contributed by atoms with Gasteiger partial charge < -0.3 is 9.20 Å². The van der Waals surface area contributed by atoms with E-state index in [9.17, 15) is 4.79 Å². The van der Waals surface area contributed by atoms with Crippen molar-refractivity contribution in [1.82, 2.24) is 9.38 Å². The van der Waals surface area contributed by atoms with Gasteiger partial charge in [-0.1, -0.05) is 6.07 Å². The van der Waals surface area contributed by atoms with Crippen LogP contribution in [-0.2, 0) is 11.2 Å². The predicted molar refractivity (Wildman–Crippen MR) is 58.9 cm³/mol. The third-order valence-electron chi connectivity index (χ3n) is 2.43. The molecule has 0 fully saturated rings. The average molecular weight is 213 g/mol. The smallest absolute Gasteiger partial charge is 0.166 e. The van der Waals surface area contributed by atoms with Crippen molar-refractivity contribution in [3.63, 3.8) is 0 Å². The van der Waals surface area contributed by atoms with E-state index in [2.05, 4.69) is 11.1 Å². The molecule has 4 nitrogen and oxygen atoms in total. The minimum atomic E-state index is 0.131. The van der Waals surface area contributed by atoms with Gasteiger partial charge in [-0.05, 0) is 19.1 Å². The molecular formula is C12H11N3O. The molecule has 0 atom stereocenters. The molecule has 2 aromatic rings. The summed E-state index contributed by atoms with van der Waals surface area (Å²) in [6.07, 6.45) is 2.89. The van der Waals surface area contributed by atoms with Crippen LogP contribution in [0.1, 0.15) is 24.9 Å². The number of aryl methyl sites for hydroxylation is 1. The number of hydrogen-bond acceptors (Lipinski definition) is 3. The molecule has 0 amide bonds. The Labute approximate surface area is 93.1 Å². The molecule has 2 rings (SSSR count). The average Bonchev–Trinajstić information content (AvgIpc) is 2.65. The number of carbonyl (C=O) groups is 1. The van der Waals surface area contributed by atoms with Gasteiger partial charge in [0.25, 0.3) is 0 Å². The number of nitriles is 1. The molecule has 16 heavy (non-hydrogen) atoms. The van der Waals surface area contributed by atoms with E-state index in [1.54, 1.807) is 6.92 Å². The Kier molecular flexibility index (Phi) is 2.69. The normalized spacial score (nSPS) is 10.2. The number of nitrogens with zero attached hydrogens (tertiary/aromatic N) is 3. The molecule has 0 N–H and O–H groups in total. The van der Waals surface area contributed by atoms with Gasteiger partial charge in [-0.2, -0.15) is 5.26 Å². The van der Waals surface area contributed by atoms with Gasteiger partial charge in [0.1, 0.15) is 17.7 Å². The van der Waals surface area contributed by atoms with Crippen LogP contribution in [0.5, 0.6) is 0 Å². The summed E-state index contributed by atoms with van der Waals surface area (Å²) in [6, 6.07) is 7.66. The summed E-state index contributed by atoms with van der Waals surface area (Å²) in [4.78, 5) is 15.2. The fraction of sp³-hybridized carbons (Fsp3) is 0.250. The largest absolute Gasteiger partial charge is 0.302 e. The number of ketones is 1. The zero-order valence-corrected chi connectivity index (χ0v) is 8.97. The Bertz CT molecular complexity index is 577. The minimum Gasteiger partial charge on any atom is -0.302 e. The van der Waals surface area contributed by atoms with Gasteiger partial charge >= 0.3 is 0 Å². The Morgan fingerprint density at radius 2 is 2.38 bits per heavy atom. The number of Topliss-reactive ketones (excluding diaryl/α,β-unsaturated/α-hetero) is 1. The van der Waals surface area contributed by atoms with Crippen molar-refractivity contribution in [3.05, 3.63) is 35.9 Å². The zero-order valence-electron chi connectivity index (χ0n) is 8.97. The Morgan fingerprint density at radius 3 is 3.06 bits per heavy atom. The summed E-state index contributed by atoms with van der Waals surface area (Å²) >= 11 is 0. The maximum atomic E-state index is 10.9. The minimum absolute atomic E-state index is 0.131. The molecule has 0 saturated heterocycles. The van der Waals surface area contributed by atoms with E-state index in [-0.39, 0.29) is 5.78 Å². The lowest BCUT2D eigenvalue weighted by molar-refractivity contribution is -0.117. The van der Waals surface area contributed by atoms with Crippen LogP contribution < -0.4 is 0 Å². The monoisotopic (exact) mass is 213 g/mol. The van der Waals surface area contributed by atoms with Crippen LogP contribution in [-0.4, -0.2) is 15.2 Å². The molecule has 0 saturated carbocycles. The highest BCUT2D eigenvalue weighted by molar-refractivity contribution is 5.75. The first-order chi connectivity index (χ1) is 7.72. The van der Waals surface area contributed by atoms with Crippen molar-refractivity contribution < 1.29 is 4.79 Å². The van der Waals surface area contributed by atoms with E-state index in [0.29, 0.717) is 18.5 Å². The molecule has 4 heteroatoms. The number of aromatic nitrogens is 2. The van der Waals surface area contributed by atoms with Crippen LogP contribution in [0.4, 0.5) is 0 Å².